The van der Waals surface area contributed by atoms with Crippen LogP contribution in [0.5, 0.6) is 5.75 Å². The molecule has 2 aromatic rings. The number of amides is 1. The monoisotopic (exact) mass is 357 g/mol. The number of carbonyl (C=O) groups excluding carboxylic acids is 2. The van der Waals surface area contributed by atoms with Crippen molar-refractivity contribution in [1.29, 1.82) is 0 Å². The van der Waals surface area contributed by atoms with E-state index in [1.165, 1.54) is 12.1 Å². The fourth-order valence-electron chi connectivity index (χ4n) is 2.73. The number of phenolic OH excluding ortho intramolecular Hbond substituents is 1. The molecular formula is C20H20FNO4. The zero-order valence-corrected chi connectivity index (χ0v) is 14.4. The number of halogens is 1. The van der Waals surface area contributed by atoms with Gasteiger partial charge in [0.25, 0.3) is 5.91 Å². The smallest absolute Gasteiger partial charge is 0.342 e. The van der Waals surface area contributed by atoms with Crippen molar-refractivity contribution in [3.8, 4) is 5.75 Å². The van der Waals surface area contributed by atoms with E-state index in [1.807, 2.05) is 0 Å². The molecule has 1 N–H and O–H groups in total. The molecule has 1 fully saturated rings. The first-order valence-corrected chi connectivity index (χ1v) is 8.46. The number of esters is 1. The Kier molecular flexibility index (Phi) is 5.21. The fourth-order valence-corrected chi connectivity index (χ4v) is 2.73. The van der Waals surface area contributed by atoms with E-state index in [9.17, 15) is 19.1 Å². The van der Waals surface area contributed by atoms with E-state index < -0.39 is 12.6 Å². The van der Waals surface area contributed by atoms with Gasteiger partial charge in [-0.2, -0.15) is 0 Å². The summed E-state index contributed by atoms with van der Waals surface area (Å²) in [6.07, 6.45) is 1.71. The largest absolute Gasteiger partial charge is 0.507 e. The van der Waals surface area contributed by atoms with E-state index in [2.05, 4.69) is 0 Å². The number of ether oxygens (including phenoxy) is 1. The second-order valence-electron chi connectivity index (χ2n) is 6.39. The third-order valence-corrected chi connectivity index (χ3v) is 4.39. The van der Waals surface area contributed by atoms with E-state index in [-0.39, 0.29) is 35.6 Å². The average molecular weight is 357 g/mol. The van der Waals surface area contributed by atoms with Crippen molar-refractivity contribution in [1.82, 2.24) is 4.90 Å². The molecule has 0 aromatic heterocycles. The molecule has 0 bridgehead atoms. The summed E-state index contributed by atoms with van der Waals surface area (Å²) in [5.74, 6) is -1.67. The zero-order chi connectivity index (χ0) is 18.7. The molecule has 3 rings (SSSR count). The fraction of sp³-hybridized carbons (Fsp3) is 0.300. The molecule has 1 aliphatic rings. The number of benzene rings is 2. The number of aromatic hydroxyl groups is 1. The molecule has 2 aromatic carbocycles. The highest BCUT2D eigenvalue weighted by molar-refractivity contribution is 5.94. The molecule has 0 unspecified atom stereocenters. The highest BCUT2D eigenvalue weighted by Gasteiger charge is 2.33. The van der Waals surface area contributed by atoms with Crippen LogP contribution in [0.25, 0.3) is 0 Å². The van der Waals surface area contributed by atoms with Crippen molar-refractivity contribution < 1.29 is 23.8 Å². The maximum atomic E-state index is 13.9. The Balaban J connectivity index is 1.64. The maximum absolute atomic E-state index is 13.9. The van der Waals surface area contributed by atoms with Crippen LogP contribution in [0.15, 0.2) is 42.5 Å². The Hall–Kier alpha value is -2.89. The van der Waals surface area contributed by atoms with Gasteiger partial charge in [-0.15, -0.1) is 0 Å². The van der Waals surface area contributed by atoms with Gasteiger partial charge in [-0.25, -0.2) is 9.18 Å². The van der Waals surface area contributed by atoms with Gasteiger partial charge in [0, 0.05) is 18.2 Å². The molecular weight excluding hydrogens is 337 g/mol. The lowest BCUT2D eigenvalue weighted by Gasteiger charge is -2.22. The van der Waals surface area contributed by atoms with Gasteiger partial charge in [-0.1, -0.05) is 30.3 Å². The third kappa shape index (κ3) is 4.02. The minimum absolute atomic E-state index is 0.0184. The lowest BCUT2D eigenvalue weighted by Crippen LogP contribution is -2.36. The predicted octanol–water partition coefficient (Wildman–Crippen LogP) is 3.19. The molecule has 5 nitrogen and oxygen atoms in total. The van der Waals surface area contributed by atoms with Crippen LogP contribution in [0.4, 0.5) is 4.39 Å². The van der Waals surface area contributed by atoms with Gasteiger partial charge in [0.1, 0.15) is 17.1 Å². The topological polar surface area (TPSA) is 66.8 Å². The quantitative estimate of drug-likeness (QED) is 0.807. The van der Waals surface area contributed by atoms with Gasteiger partial charge in [0.05, 0.1) is 0 Å². The number of carbonyl (C=O) groups is 2. The van der Waals surface area contributed by atoms with Gasteiger partial charge < -0.3 is 14.7 Å². The molecule has 0 aliphatic heterocycles. The minimum atomic E-state index is -0.763. The first-order valence-electron chi connectivity index (χ1n) is 8.46. The first kappa shape index (κ1) is 17.9. The van der Waals surface area contributed by atoms with Crippen molar-refractivity contribution in [3.05, 3.63) is 65.0 Å². The lowest BCUT2D eigenvalue weighted by atomic mass is 10.1. The molecule has 0 radical (unpaired) electrons. The number of para-hydroxylation sites is 1. The molecule has 26 heavy (non-hydrogen) atoms. The molecule has 0 saturated heterocycles. The summed E-state index contributed by atoms with van der Waals surface area (Å²) in [4.78, 5) is 26.2. The maximum Gasteiger partial charge on any atom is 0.342 e. The van der Waals surface area contributed by atoms with Crippen LogP contribution in [0.3, 0.4) is 0 Å². The Morgan fingerprint density at radius 3 is 2.62 bits per heavy atom. The molecule has 1 saturated carbocycles. The Morgan fingerprint density at radius 1 is 1.19 bits per heavy atom. The van der Waals surface area contributed by atoms with Gasteiger partial charge in [0.2, 0.25) is 0 Å². The second-order valence-corrected chi connectivity index (χ2v) is 6.39. The zero-order valence-electron chi connectivity index (χ0n) is 14.4. The number of hydrogen-bond acceptors (Lipinski definition) is 4. The molecule has 0 heterocycles. The summed E-state index contributed by atoms with van der Waals surface area (Å²) in [5, 5.41) is 9.93. The average Bonchev–Trinajstić information content (AvgIpc) is 3.46. The summed E-state index contributed by atoms with van der Waals surface area (Å²) >= 11 is 0. The van der Waals surface area contributed by atoms with Crippen molar-refractivity contribution in [2.45, 2.75) is 32.4 Å². The standard InChI is InChI=1S/C20H20FNO4/c1-13-5-4-7-16(19(13)24)20(25)26-12-18(23)22(15-9-10-15)11-14-6-2-3-8-17(14)21/h2-8,15,24H,9-12H2,1H3. The van der Waals surface area contributed by atoms with Crippen LogP contribution in [0.1, 0.15) is 34.3 Å². The molecule has 1 aliphatic carbocycles. The van der Waals surface area contributed by atoms with E-state index in [0.29, 0.717) is 11.1 Å². The van der Waals surface area contributed by atoms with Crippen LogP contribution in [0, 0.1) is 12.7 Å². The minimum Gasteiger partial charge on any atom is -0.507 e. The van der Waals surface area contributed by atoms with E-state index >= 15 is 0 Å². The number of aryl methyl sites for hydroxylation is 1. The Bertz CT molecular complexity index is 832. The molecule has 0 atom stereocenters. The van der Waals surface area contributed by atoms with Crippen LogP contribution >= 0.6 is 0 Å². The Morgan fingerprint density at radius 2 is 1.92 bits per heavy atom. The van der Waals surface area contributed by atoms with E-state index in [0.717, 1.165) is 12.8 Å². The third-order valence-electron chi connectivity index (χ3n) is 4.39. The van der Waals surface area contributed by atoms with Gasteiger partial charge in [-0.05, 0) is 37.5 Å². The van der Waals surface area contributed by atoms with Crippen LogP contribution in [-0.4, -0.2) is 34.5 Å². The summed E-state index contributed by atoms with van der Waals surface area (Å²) in [6, 6.07) is 11.1. The van der Waals surface area contributed by atoms with E-state index in [1.54, 1.807) is 42.2 Å². The molecule has 0 spiro atoms. The summed E-state index contributed by atoms with van der Waals surface area (Å²) in [5.41, 5.74) is 0.991. The number of hydrogen-bond donors (Lipinski definition) is 1. The molecule has 136 valence electrons. The van der Waals surface area contributed by atoms with Gasteiger partial charge in [0.15, 0.2) is 6.61 Å². The Labute approximate surface area is 151 Å². The molecule has 1 amide bonds. The van der Waals surface area contributed by atoms with Crippen LogP contribution in [-0.2, 0) is 16.1 Å². The van der Waals surface area contributed by atoms with Crippen molar-refractivity contribution in [3.63, 3.8) is 0 Å². The first-order chi connectivity index (χ1) is 12.5. The highest BCUT2D eigenvalue weighted by Crippen LogP contribution is 2.29. The second kappa shape index (κ2) is 7.56. The lowest BCUT2D eigenvalue weighted by molar-refractivity contribution is -0.135. The normalized spacial score (nSPS) is 13.3. The van der Waals surface area contributed by atoms with Crippen LogP contribution in [0.2, 0.25) is 0 Å². The highest BCUT2D eigenvalue weighted by atomic mass is 19.1. The SMILES string of the molecule is Cc1cccc(C(=O)OCC(=O)N(Cc2ccccc2F)C2CC2)c1O. The number of rotatable bonds is 6. The molecule has 6 heteroatoms. The van der Waals surface area contributed by atoms with Gasteiger partial charge >= 0.3 is 5.97 Å². The number of phenols is 1. The van der Waals surface area contributed by atoms with Crippen molar-refractivity contribution >= 4 is 11.9 Å². The number of nitrogens with zero attached hydrogens (tertiary/aromatic N) is 1. The van der Waals surface area contributed by atoms with E-state index in [4.69, 9.17) is 4.74 Å². The summed E-state index contributed by atoms with van der Waals surface area (Å²) in [6.45, 7) is 1.36. The van der Waals surface area contributed by atoms with Crippen LogP contribution < -0.4 is 0 Å². The van der Waals surface area contributed by atoms with Gasteiger partial charge in [-0.3, -0.25) is 4.79 Å². The summed E-state index contributed by atoms with van der Waals surface area (Å²) in [7, 11) is 0. The van der Waals surface area contributed by atoms with Crippen molar-refractivity contribution in [2.75, 3.05) is 6.61 Å². The van der Waals surface area contributed by atoms with Crippen molar-refractivity contribution in [2.24, 2.45) is 0 Å². The summed E-state index contributed by atoms with van der Waals surface area (Å²) < 4.78 is 18.9. The predicted molar refractivity (Wildman–Crippen MR) is 93.1 cm³/mol.